The third-order valence-electron chi connectivity index (χ3n) is 4.09. The van der Waals surface area contributed by atoms with Gasteiger partial charge in [-0.25, -0.2) is 0 Å². The smallest absolute Gasteiger partial charge is 0.269 e. The molecule has 1 atom stereocenters. The lowest BCUT2D eigenvalue weighted by atomic mass is 10.2. The molecule has 152 valence electrons. The zero-order valence-electron chi connectivity index (χ0n) is 15.6. The summed E-state index contributed by atoms with van der Waals surface area (Å²) in [4.78, 5) is 37.5. The number of hydrogen-bond donors (Lipinski definition) is 3. The summed E-state index contributed by atoms with van der Waals surface area (Å²) in [6.45, 7) is 0. The fourth-order valence-electron chi connectivity index (χ4n) is 2.65. The number of hydrazine groups is 1. The number of amides is 3. The van der Waals surface area contributed by atoms with Crippen molar-refractivity contribution in [3.63, 3.8) is 0 Å². The number of anilines is 1. The third kappa shape index (κ3) is 4.93. The fourth-order valence-corrected chi connectivity index (χ4v) is 3.92. The van der Waals surface area contributed by atoms with Crippen molar-refractivity contribution in [3.05, 3.63) is 47.0 Å². The zero-order chi connectivity index (χ0) is 21.0. The first kappa shape index (κ1) is 20.8. The molecule has 3 amide bonds. The molecule has 0 unspecified atom stereocenters. The lowest BCUT2D eigenvalue weighted by molar-refractivity contribution is -0.124. The predicted octanol–water partition coefficient (Wildman–Crippen LogP) is 2.62. The molecule has 0 saturated carbocycles. The SMILES string of the molecule is COc1ccc(C(=O)NNC(=O)C[C@H]2Sc3ccc(Cl)cc3NC2=O)cc1OC. The van der Waals surface area contributed by atoms with Gasteiger partial charge in [-0.1, -0.05) is 11.6 Å². The van der Waals surface area contributed by atoms with Crippen LogP contribution in [0.5, 0.6) is 11.5 Å². The van der Waals surface area contributed by atoms with Crippen molar-refractivity contribution in [3.8, 4) is 11.5 Å². The Labute approximate surface area is 176 Å². The first-order valence-electron chi connectivity index (χ1n) is 8.49. The van der Waals surface area contributed by atoms with Crippen LogP contribution in [0.1, 0.15) is 16.8 Å². The Bertz CT molecular complexity index is 969. The van der Waals surface area contributed by atoms with E-state index >= 15 is 0 Å². The van der Waals surface area contributed by atoms with E-state index in [0.29, 0.717) is 22.2 Å². The Morgan fingerprint density at radius 1 is 1.10 bits per heavy atom. The van der Waals surface area contributed by atoms with Gasteiger partial charge in [0.2, 0.25) is 11.8 Å². The predicted molar refractivity (Wildman–Crippen MR) is 109 cm³/mol. The quantitative estimate of drug-likeness (QED) is 0.623. The van der Waals surface area contributed by atoms with Gasteiger partial charge in [0.25, 0.3) is 5.91 Å². The average Bonchev–Trinajstić information content (AvgIpc) is 2.72. The van der Waals surface area contributed by atoms with E-state index in [2.05, 4.69) is 16.2 Å². The van der Waals surface area contributed by atoms with Gasteiger partial charge in [-0.3, -0.25) is 25.2 Å². The molecule has 1 heterocycles. The Morgan fingerprint density at radius 3 is 2.59 bits per heavy atom. The van der Waals surface area contributed by atoms with Crippen LogP contribution in [0.15, 0.2) is 41.3 Å². The van der Waals surface area contributed by atoms with Gasteiger partial charge in [-0.15, -0.1) is 11.8 Å². The number of rotatable bonds is 5. The molecule has 8 nitrogen and oxygen atoms in total. The maximum atomic E-state index is 12.2. The van der Waals surface area contributed by atoms with E-state index in [4.69, 9.17) is 21.1 Å². The van der Waals surface area contributed by atoms with Crippen molar-refractivity contribution in [2.45, 2.75) is 16.6 Å². The Hall–Kier alpha value is -2.91. The van der Waals surface area contributed by atoms with Gasteiger partial charge >= 0.3 is 0 Å². The van der Waals surface area contributed by atoms with E-state index in [9.17, 15) is 14.4 Å². The number of carbonyl (C=O) groups is 3. The lowest BCUT2D eigenvalue weighted by Gasteiger charge is -2.23. The highest BCUT2D eigenvalue weighted by atomic mass is 35.5. The van der Waals surface area contributed by atoms with Gasteiger partial charge in [-0.05, 0) is 36.4 Å². The van der Waals surface area contributed by atoms with Gasteiger partial charge in [0.1, 0.15) is 0 Å². The second kappa shape index (κ2) is 9.06. The molecule has 0 aliphatic carbocycles. The molecular formula is C19H18ClN3O5S. The first-order valence-corrected chi connectivity index (χ1v) is 9.75. The van der Waals surface area contributed by atoms with Crippen molar-refractivity contribution in [2.24, 2.45) is 0 Å². The summed E-state index contributed by atoms with van der Waals surface area (Å²) >= 11 is 7.19. The topological polar surface area (TPSA) is 106 Å². The molecule has 29 heavy (non-hydrogen) atoms. The van der Waals surface area contributed by atoms with Crippen LogP contribution in [0.2, 0.25) is 5.02 Å². The van der Waals surface area contributed by atoms with Crippen LogP contribution in [0.25, 0.3) is 0 Å². The highest BCUT2D eigenvalue weighted by molar-refractivity contribution is 8.01. The molecule has 2 aromatic carbocycles. The molecule has 1 aliphatic heterocycles. The van der Waals surface area contributed by atoms with Crippen molar-refractivity contribution >= 4 is 46.8 Å². The summed E-state index contributed by atoms with van der Waals surface area (Å²) in [5.41, 5.74) is 5.54. The molecule has 10 heteroatoms. The van der Waals surface area contributed by atoms with Crippen LogP contribution in [0.4, 0.5) is 5.69 Å². The molecule has 0 saturated heterocycles. The Morgan fingerprint density at radius 2 is 1.86 bits per heavy atom. The molecule has 3 N–H and O–H groups in total. The van der Waals surface area contributed by atoms with Crippen molar-refractivity contribution in [1.82, 2.24) is 10.9 Å². The second-order valence-electron chi connectivity index (χ2n) is 6.01. The zero-order valence-corrected chi connectivity index (χ0v) is 17.1. The van der Waals surface area contributed by atoms with Crippen LogP contribution in [-0.2, 0) is 9.59 Å². The van der Waals surface area contributed by atoms with Gasteiger partial charge in [-0.2, -0.15) is 0 Å². The number of hydrogen-bond acceptors (Lipinski definition) is 6. The third-order valence-corrected chi connectivity index (χ3v) is 5.60. The molecule has 0 aromatic heterocycles. The number of fused-ring (bicyclic) bond motifs is 1. The summed E-state index contributed by atoms with van der Waals surface area (Å²) in [6, 6.07) is 9.77. The molecule has 1 aliphatic rings. The van der Waals surface area contributed by atoms with Crippen LogP contribution < -0.4 is 25.6 Å². The maximum Gasteiger partial charge on any atom is 0.269 e. The molecule has 3 rings (SSSR count). The summed E-state index contributed by atoms with van der Waals surface area (Å²) in [5, 5.41) is 2.62. The first-order chi connectivity index (χ1) is 13.9. The number of halogens is 1. The van der Waals surface area contributed by atoms with E-state index in [0.717, 1.165) is 4.90 Å². The Balaban J connectivity index is 1.56. The van der Waals surface area contributed by atoms with Gasteiger partial charge in [0, 0.05) is 21.9 Å². The minimum absolute atomic E-state index is 0.106. The number of methoxy groups -OCH3 is 2. The van der Waals surface area contributed by atoms with Crippen LogP contribution >= 0.6 is 23.4 Å². The number of thioether (sulfide) groups is 1. The van der Waals surface area contributed by atoms with Crippen LogP contribution in [0, 0.1) is 0 Å². The van der Waals surface area contributed by atoms with Crippen LogP contribution in [-0.4, -0.2) is 37.2 Å². The summed E-state index contributed by atoms with van der Waals surface area (Å²) in [7, 11) is 2.95. The minimum atomic E-state index is -0.623. The molecular weight excluding hydrogens is 418 g/mol. The second-order valence-corrected chi connectivity index (χ2v) is 7.69. The highest BCUT2D eigenvalue weighted by Crippen LogP contribution is 2.38. The Kier molecular flexibility index (Phi) is 6.50. The van der Waals surface area contributed by atoms with Crippen molar-refractivity contribution in [1.29, 1.82) is 0 Å². The molecule has 2 aromatic rings. The minimum Gasteiger partial charge on any atom is -0.493 e. The van der Waals surface area contributed by atoms with E-state index in [1.807, 2.05) is 0 Å². The van der Waals surface area contributed by atoms with Gasteiger partial charge in [0.15, 0.2) is 11.5 Å². The largest absolute Gasteiger partial charge is 0.493 e. The number of benzene rings is 2. The van der Waals surface area contributed by atoms with Gasteiger partial charge in [0.05, 0.1) is 25.2 Å². The monoisotopic (exact) mass is 435 g/mol. The van der Waals surface area contributed by atoms with E-state index in [1.165, 1.54) is 38.1 Å². The van der Waals surface area contributed by atoms with Crippen molar-refractivity contribution in [2.75, 3.05) is 19.5 Å². The lowest BCUT2D eigenvalue weighted by Crippen LogP contribution is -2.44. The molecule has 0 fully saturated rings. The average molecular weight is 436 g/mol. The normalized spacial score (nSPS) is 15.0. The van der Waals surface area contributed by atoms with E-state index < -0.39 is 17.1 Å². The van der Waals surface area contributed by atoms with Crippen LogP contribution in [0.3, 0.4) is 0 Å². The standard InChI is InChI=1S/C19H18ClN3O5S/c1-27-13-5-3-10(7-14(13)28-2)18(25)23-22-17(24)9-16-19(26)21-12-8-11(20)4-6-15(12)29-16/h3-8,16H,9H2,1-2H3,(H,21,26)(H,22,24)(H,23,25)/t16-/m1/s1. The number of carbonyl (C=O) groups excluding carboxylic acids is 3. The van der Waals surface area contributed by atoms with E-state index in [1.54, 1.807) is 24.3 Å². The number of ether oxygens (including phenoxy) is 2. The maximum absolute atomic E-state index is 12.2. The van der Waals surface area contributed by atoms with Crippen molar-refractivity contribution < 1.29 is 23.9 Å². The summed E-state index contributed by atoms with van der Waals surface area (Å²) in [5.74, 6) is -0.453. The van der Waals surface area contributed by atoms with E-state index in [-0.39, 0.29) is 17.9 Å². The molecule has 0 spiro atoms. The summed E-state index contributed by atoms with van der Waals surface area (Å²) in [6.07, 6.45) is -0.106. The molecule has 0 bridgehead atoms. The molecule has 0 radical (unpaired) electrons. The highest BCUT2D eigenvalue weighted by Gasteiger charge is 2.29. The number of nitrogens with one attached hydrogen (secondary N) is 3. The fraction of sp³-hybridized carbons (Fsp3) is 0.211. The van der Waals surface area contributed by atoms with Gasteiger partial charge < -0.3 is 14.8 Å². The summed E-state index contributed by atoms with van der Waals surface area (Å²) < 4.78 is 10.3.